The largest absolute Gasteiger partial charge is 0.295 e. The van der Waals surface area contributed by atoms with E-state index in [0.717, 1.165) is 12.9 Å². The van der Waals surface area contributed by atoms with Gasteiger partial charge in [0.2, 0.25) is 11.8 Å². The molecule has 2 atom stereocenters. The Kier molecular flexibility index (Phi) is 7.61. The highest BCUT2D eigenvalue weighted by Gasteiger charge is 2.31. The number of rotatable bonds is 2. The van der Waals surface area contributed by atoms with Gasteiger partial charge in [-0.15, -0.1) is 10.2 Å². The first-order valence-electron chi connectivity index (χ1n) is 12.1. The number of carbonyl (C=O) groups excluding carboxylic acids is 4. The molecule has 0 radical (unpaired) electrons. The van der Waals surface area contributed by atoms with E-state index in [1.807, 2.05) is 6.07 Å². The average Bonchev–Trinajstić information content (AvgIpc) is 2.95. The van der Waals surface area contributed by atoms with Crippen LogP contribution in [-0.2, 0) is 19.2 Å². The fourth-order valence-electron chi connectivity index (χ4n) is 4.38. The van der Waals surface area contributed by atoms with Gasteiger partial charge in [-0.05, 0) is 65.8 Å². The number of fused-ring (bicyclic) bond motifs is 2. The Morgan fingerprint density at radius 1 is 0.756 bits per heavy atom. The molecule has 6 rings (SSSR count). The van der Waals surface area contributed by atoms with Crippen molar-refractivity contribution in [2.75, 3.05) is 0 Å². The Morgan fingerprint density at radius 2 is 1.24 bits per heavy atom. The fourth-order valence-corrected chi connectivity index (χ4v) is 4.87. The van der Waals surface area contributed by atoms with Crippen LogP contribution < -0.4 is 21.8 Å². The number of piperidine rings is 2. The van der Waals surface area contributed by atoms with Crippen LogP contribution in [0.2, 0.25) is 0 Å². The smallest absolute Gasteiger partial charge is 0.278 e. The second-order valence-electron chi connectivity index (χ2n) is 9.09. The maximum atomic E-state index is 12.4. The normalized spacial score (nSPS) is 18.7. The third kappa shape index (κ3) is 5.56. The summed E-state index contributed by atoms with van der Waals surface area (Å²) in [7, 11) is 0. The molecule has 2 aromatic carbocycles. The van der Waals surface area contributed by atoms with Crippen LogP contribution in [0.15, 0.2) is 46.0 Å². The van der Waals surface area contributed by atoms with Crippen molar-refractivity contribution in [1.82, 2.24) is 40.6 Å². The Bertz CT molecular complexity index is 1930. The van der Waals surface area contributed by atoms with Crippen LogP contribution in [0.4, 0.5) is 5.69 Å². The molecule has 2 aliphatic heterocycles. The highest BCUT2D eigenvalue weighted by molar-refractivity contribution is 14.1. The Balaban J connectivity index is 0.000000165. The van der Waals surface area contributed by atoms with E-state index in [-0.39, 0.29) is 48.4 Å². The van der Waals surface area contributed by atoms with Gasteiger partial charge in [0.25, 0.3) is 22.9 Å². The summed E-state index contributed by atoms with van der Waals surface area (Å²) in [6.45, 7) is 6.97. The quantitative estimate of drug-likeness (QED) is 0.175. The molecular formula is C25H18IN9O6. The number of hydrogen-bond acceptors (Lipinski definition) is 10. The third-order valence-corrected chi connectivity index (χ3v) is 7.12. The zero-order valence-corrected chi connectivity index (χ0v) is 23.1. The van der Waals surface area contributed by atoms with Gasteiger partial charge in [0.1, 0.15) is 17.6 Å². The van der Waals surface area contributed by atoms with Crippen molar-refractivity contribution < 1.29 is 19.2 Å². The molecule has 2 fully saturated rings. The molecule has 2 aliphatic rings. The maximum absolute atomic E-state index is 12.4. The molecule has 2 N–H and O–H groups in total. The summed E-state index contributed by atoms with van der Waals surface area (Å²) in [5, 5.41) is 20.4. The molecule has 41 heavy (non-hydrogen) atoms. The number of hydrogen-bond donors (Lipinski definition) is 2. The van der Waals surface area contributed by atoms with Crippen LogP contribution >= 0.6 is 22.6 Å². The van der Waals surface area contributed by atoms with Crippen molar-refractivity contribution in [1.29, 1.82) is 0 Å². The number of amides is 4. The molecule has 2 unspecified atom stereocenters. The minimum Gasteiger partial charge on any atom is -0.295 e. The van der Waals surface area contributed by atoms with Gasteiger partial charge in [-0.3, -0.25) is 39.4 Å². The highest BCUT2D eigenvalue weighted by Crippen LogP contribution is 2.20. The lowest BCUT2D eigenvalue weighted by molar-refractivity contribution is -0.137. The summed E-state index contributed by atoms with van der Waals surface area (Å²) in [6.07, 6.45) is 0.793. The second-order valence-corrected chi connectivity index (χ2v) is 10.3. The van der Waals surface area contributed by atoms with E-state index >= 15 is 0 Å². The van der Waals surface area contributed by atoms with Crippen molar-refractivity contribution in [3.05, 3.63) is 72.1 Å². The highest BCUT2D eigenvalue weighted by atomic mass is 127. The summed E-state index contributed by atoms with van der Waals surface area (Å²) < 4.78 is 2.92. The summed E-state index contributed by atoms with van der Waals surface area (Å²) in [5.41, 5.74) is 0.278. The lowest BCUT2D eigenvalue weighted by atomic mass is 10.1. The Hall–Kier alpha value is -4.92. The van der Waals surface area contributed by atoms with Crippen molar-refractivity contribution >= 4 is 73.7 Å². The lowest BCUT2D eigenvalue weighted by Gasteiger charge is -2.21. The molecule has 15 nitrogen and oxygen atoms in total. The van der Waals surface area contributed by atoms with Crippen molar-refractivity contribution in [2.24, 2.45) is 0 Å². The van der Waals surface area contributed by atoms with Crippen LogP contribution in [-0.4, -0.2) is 53.6 Å². The molecule has 16 heteroatoms. The molecule has 2 aromatic heterocycles. The lowest BCUT2D eigenvalue weighted by Crippen LogP contribution is -2.45. The molecule has 4 amide bonds. The summed E-state index contributed by atoms with van der Waals surface area (Å²) in [6, 6.07) is 8.09. The average molecular weight is 667 g/mol. The SMILES string of the molecule is O=C1CCC(n2nnc3ccc(I)cc3c2=O)C(=O)N1.[C-]#[N+]c1ccc2nnn(C3CCC(=O)NC3=O)c(=O)c2c1. The summed E-state index contributed by atoms with van der Waals surface area (Å²) >= 11 is 2.10. The molecule has 4 aromatic rings. The van der Waals surface area contributed by atoms with Crippen LogP contribution in [0.25, 0.3) is 26.7 Å². The topological polar surface area (TPSA) is 192 Å². The monoisotopic (exact) mass is 667 g/mol. The van der Waals surface area contributed by atoms with Gasteiger partial charge < -0.3 is 0 Å². The molecule has 0 spiro atoms. The minimum atomic E-state index is -0.858. The zero-order valence-electron chi connectivity index (χ0n) is 20.9. The van der Waals surface area contributed by atoms with Crippen molar-refractivity contribution in [3.63, 3.8) is 0 Å². The number of aromatic nitrogens is 6. The molecule has 0 bridgehead atoms. The fraction of sp³-hybridized carbons (Fsp3) is 0.240. The first-order chi connectivity index (χ1) is 19.7. The molecule has 0 saturated carbocycles. The zero-order chi connectivity index (χ0) is 29.3. The molecule has 2 saturated heterocycles. The minimum absolute atomic E-state index is 0.144. The van der Waals surface area contributed by atoms with E-state index in [9.17, 15) is 28.8 Å². The van der Waals surface area contributed by atoms with Gasteiger partial charge in [-0.25, -0.2) is 4.85 Å². The molecule has 0 aliphatic carbocycles. The van der Waals surface area contributed by atoms with E-state index in [4.69, 9.17) is 6.57 Å². The standard InChI is InChI=1S/C13H9N5O3.C12H9IN4O3/c1-14-7-2-3-9-8(6-7)13(21)18(17-16-9)10-4-5-11(19)15-12(10)20;13-6-1-2-8-7(5-6)12(20)17(16-15-8)9-3-4-10(18)14-11(9)19/h2-3,6,10H,4-5H2,(H,15,19,20);1-2,5,9H,3-4H2,(H,14,18,19). The van der Waals surface area contributed by atoms with E-state index in [1.54, 1.807) is 18.2 Å². The number of nitrogens with one attached hydrogen (secondary N) is 2. The van der Waals surface area contributed by atoms with Crippen molar-refractivity contribution in [2.45, 2.75) is 37.8 Å². The number of nitrogens with zero attached hydrogens (tertiary/aromatic N) is 7. The van der Waals surface area contributed by atoms with Crippen LogP contribution in [0.1, 0.15) is 37.8 Å². The second kappa shape index (κ2) is 11.3. The maximum Gasteiger partial charge on any atom is 0.278 e. The van der Waals surface area contributed by atoms with Crippen molar-refractivity contribution in [3.8, 4) is 0 Å². The summed E-state index contributed by atoms with van der Waals surface area (Å²) in [4.78, 5) is 74.0. The van der Waals surface area contributed by atoms with E-state index in [2.05, 4.69) is 58.7 Å². The third-order valence-electron chi connectivity index (χ3n) is 6.45. The van der Waals surface area contributed by atoms with Gasteiger partial charge >= 0.3 is 0 Å². The first kappa shape index (κ1) is 27.6. The predicted octanol–water partition coefficient (Wildman–Crippen LogP) is 0.694. The van der Waals surface area contributed by atoms with Crippen LogP contribution in [0, 0.1) is 10.1 Å². The number of benzene rings is 2. The number of carbonyl (C=O) groups is 4. The molecule has 206 valence electrons. The van der Waals surface area contributed by atoms with Gasteiger partial charge in [-0.1, -0.05) is 16.5 Å². The predicted molar refractivity (Wildman–Crippen MR) is 149 cm³/mol. The van der Waals surface area contributed by atoms with Gasteiger partial charge in [0.05, 0.1) is 22.9 Å². The Labute approximate surface area is 242 Å². The van der Waals surface area contributed by atoms with Crippen LogP contribution in [0.3, 0.4) is 0 Å². The molecule has 4 heterocycles. The van der Waals surface area contributed by atoms with E-state index in [0.29, 0.717) is 22.1 Å². The number of halogens is 1. The van der Waals surface area contributed by atoms with Gasteiger partial charge in [0, 0.05) is 16.4 Å². The van der Waals surface area contributed by atoms with Gasteiger partial charge in [0.15, 0.2) is 5.69 Å². The van der Waals surface area contributed by atoms with E-state index < -0.39 is 29.5 Å². The molecular weight excluding hydrogens is 649 g/mol. The summed E-state index contributed by atoms with van der Waals surface area (Å²) in [5.74, 6) is -1.78. The van der Waals surface area contributed by atoms with E-state index in [1.165, 1.54) is 12.1 Å². The number of imide groups is 2. The first-order valence-corrected chi connectivity index (χ1v) is 13.2. The van der Waals surface area contributed by atoms with Gasteiger partial charge in [-0.2, -0.15) is 9.36 Å². The van der Waals surface area contributed by atoms with Crippen LogP contribution in [0.5, 0.6) is 0 Å². The Morgan fingerprint density at radius 3 is 1.73 bits per heavy atom.